The highest BCUT2D eigenvalue weighted by molar-refractivity contribution is 6.35. The zero-order valence-corrected chi connectivity index (χ0v) is 33.1. The topological polar surface area (TPSA) is 0 Å². The van der Waals surface area contributed by atoms with Crippen LogP contribution in [-0.4, -0.2) is 0 Å². The van der Waals surface area contributed by atoms with Crippen LogP contribution in [0.1, 0.15) is 76.3 Å². The van der Waals surface area contributed by atoms with Gasteiger partial charge in [0.25, 0.3) is 0 Å². The van der Waals surface area contributed by atoms with E-state index < -0.39 is 0 Å². The van der Waals surface area contributed by atoms with Gasteiger partial charge in [0.1, 0.15) is 0 Å². The average Bonchev–Trinajstić information content (AvgIpc) is 3.26. The monoisotopic (exact) mass is 724 g/mol. The molecule has 9 aromatic carbocycles. The summed E-state index contributed by atoms with van der Waals surface area (Å²) in [4.78, 5) is 0. The Labute approximate surface area is 333 Å². The summed E-state index contributed by atoms with van der Waals surface area (Å²) in [6.45, 7) is 4.56. The molecule has 0 saturated carbocycles. The van der Waals surface area contributed by atoms with E-state index in [4.69, 9.17) is 0 Å². The van der Waals surface area contributed by atoms with Gasteiger partial charge in [-0.2, -0.15) is 0 Å². The van der Waals surface area contributed by atoms with Crippen LogP contribution in [0, 0.1) is 0 Å². The normalized spacial score (nSPS) is 11.8. The van der Waals surface area contributed by atoms with Crippen molar-refractivity contribution in [3.63, 3.8) is 0 Å². The molecule has 0 aliphatic rings. The molecule has 0 unspecified atom stereocenters. The van der Waals surface area contributed by atoms with E-state index in [0.717, 1.165) is 12.8 Å². The Balaban J connectivity index is 1.13. The molecule has 276 valence electrons. The summed E-state index contributed by atoms with van der Waals surface area (Å²) in [7, 11) is 0. The predicted molar refractivity (Wildman–Crippen MR) is 245 cm³/mol. The van der Waals surface area contributed by atoms with Crippen molar-refractivity contribution in [3.8, 4) is 44.5 Å². The van der Waals surface area contributed by atoms with Crippen LogP contribution in [-0.2, 0) is 12.8 Å². The Bertz CT molecular complexity index is 2530. The van der Waals surface area contributed by atoms with Crippen LogP contribution in [0.4, 0.5) is 0 Å². The average molecular weight is 725 g/mol. The zero-order chi connectivity index (χ0) is 37.8. The summed E-state index contributed by atoms with van der Waals surface area (Å²) in [6.07, 6.45) is 12.7. The van der Waals surface area contributed by atoms with Crippen molar-refractivity contribution in [2.24, 2.45) is 0 Å². The second kappa shape index (κ2) is 16.2. The molecule has 9 rings (SSSR count). The Morgan fingerprint density at radius 2 is 0.643 bits per heavy atom. The smallest absolute Gasteiger partial charge is 0.00201 e. The van der Waals surface area contributed by atoms with Gasteiger partial charge >= 0.3 is 0 Å². The van der Waals surface area contributed by atoms with Gasteiger partial charge in [0.2, 0.25) is 0 Å². The fraction of sp³-hybridized carbons (Fsp3) is 0.214. The minimum atomic E-state index is 1.16. The molecule has 0 aliphatic carbocycles. The van der Waals surface area contributed by atoms with Crippen LogP contribution >= 0.6 is 0 Å². The van der Waals surface area contributed by atoms with Crippen LogP contribution < -0.4 is 0 Å². The van der Waals surface area contributed by atoms with Gasteiger partial charge in [-0.3, -0.25) is 0 Å². The van der Waals surface area contributed by atoms with Crippen molar-refractivity contribution in [1.82, 2.24) is 0 Å². The van der Waals surface area contributed by atoms with Crippen LogP contribution in [0.2, 0.25) is 0 Å². The molecular formula is C56H52. The van der Waals surface area contributed by atoms with Gasteiger partial charge < -0.3 is 0 Å². The summed E-state index contributed by atoms with van der Waals surface area (Å²) in [5, 5.41) is 10.6. The van der Waals surface area contributed by atoms with Gasteiger partial charge in [-0.25, -0.2) is 0 Å². The third-order valence-electron chi connectivity index (χ3n) is 12.3. The molecular weight excluding hydrogens is 673 g/mol. The largest absolute Gasteiger partial charge is 0.0654 e. The van der Waals surface area contributed by atoms with Gasteiger partial charge in [-0.15, -0.1) is 0 Å². The van der Waals surface area contributed by atoms with E-state index in [1.54, 1.807) is 0 Å². The third kappa shape index (κ3) is 6.77. The highest BCUT2D eigenvalue weighted by Gasteiger charge is 2.19. The number of unbranched alkanes of at least 4 members (excludes halogenated alkanes) is 6. The summed E-state index contributed by atoms with van der Waals surface area (Å²) < 4.78 is 0. The van der Waals surface area contributed by atoms with E-state index in [1.165, 1.54) is 150 Å². The van der Waals surface area contributed by atoms with Crippen molar-refractivity contribution < 1.29 is 0 Å². The molecule has 0 aliphatic heterocycles. The van der Waals surface area contributed by atoms with Gasteiger partial charge in [-0.05, 0) is 124 Å². The van der Waals surface area contributed by atoms with E-state index in [9.17, 15) is 0 Å². The van der Waals surface area contributed by atoms with Crippen molar-refractivity contribution in [2.75, 3.05) is 0 Å². The molecule has 9 aromatic rings. The summed E-state index contributed by atoms with van der Waals surface area (Å²) in [5.41, 5.74) is 13.1. The molecule has 0 spiro atoms. The van der Waals surface area contributed by atoms with E-state index in [-0.39, 0.29) is 0 Å². The Kier molecular flexibility index (Phi) is 10.4. The fourth-order valence-electron chi connectivity index (χ4n) is 9.33. The van der Waals surface area contributed by atoms with Gasteiger partial charge in [0, 0.05) is 0 Å². The number of fused-ring (bicyclic) bond motifs is 2. The lowest BCUT2D eigenvalue weighted by molar-refractivity contribution is 0.667. The second-order valence-corrected chi connectivity index (χ2v) is 15.9. The van der Waals surface area contributed by atoms with Crippen molar-refractivity contribution in [2.45, 2.75) is 78.1 Å². The zero-order valence-electron chi connectivity index (χ0n) is 33.1. The molecule has 0 fully saturated rings. The first-order valence-electron chi connectivity index (χ1n) is 21.2. The summed E-state index contributed by atoms with van der Waals surface area (Å²) in [6, 6.07) is 60.0. The van der Waals surface area contributed by atoms with Gasteiger partial charge in [0.15, 0.2) is 0 Å². The van der Waals surface area contributed by atoms with E-state index in [1.807, 2.05) is 0 Å². The molecule has 0 bridgehead atoms. The SMILES string of the molecule is CCCCCCc1ccc(-c2ccccc2-c2ccc3c4cccc5c(-c6ccccc6-c6ccc(CCCCCC)cc6)ccc(c6cccc2c63)c54)cc1. The number of rotatable bonds is 14. The minimum Gasteiger partial charge on any atom is -0.0654 e. The number of benzene rings is 9. The maximum Gasteiger partial charge on any atom is -0.00201 e. The van der Waals surface area contributed by atoms with E-state index in [0.29, 0.717) is 0 Å². The van der Waals surface area contributed by atoms with Crippen molar-refractivity contribution in [3.05, 3.63) is 169 Å². The molecule has 0 heteroatoms. The maximum atomic E-state index is 2.39. The van der Waals surface area contributed by atoms with Crippen molar-refractivity contribution in [1.29, 1.82) is 0 Å². The number of hydrogen-bond donors (Lipinski definition) is 0. The Morgan fingerprint density at radius 1 is 0.268 bits per heavy atom. The van der Waals surface area contributed by atoms with E-state index in [2.05, 4.69) is 172 Å². The molecule has 0 nitrogen and oxygen atoms in total. The van der Waals surface area contributed by atoms with Crippen LogP contribution in [0.3, 0.4) is 0 Å². The summed E-state index contributed by atoms with van der Waals surface area (Å²) >= 11 is 0. The molecule has 0 saturated heterocycles. The molecule has 56 heavy (non-hydrogen) atoms. The number of hydrogen-bond acceptors (Lipinski definition) is 0. The lowest BCUT2D eigenvalue weighted by Gasteiger charge is -2.20. The molecule has 0 heterocycles. The van der Waals surface area contributed by atoms with Crippen LogP contribution in [0.15, 0.2) is 158 Å². The van der Waals surface area contributed by atoms with Gasteiger partial charge in [-0.1, -0.05) is 210 Å². The number of aryl methyl sites for hydroxylation is 2. The molecule has 0 radical (unpaired) electrons. The van der Waals surface area contributed by atoms with E-state index >= 15 is 0 Å². The standard InChI is InChI=1S/C56H52/c1-3-5-7-9-17-39-27-31-41(32-28-39)43-19-11-13-21-45(43)47-35-37-53-52-26-16-24-50-48(36-38-54(56(50)52)51-25-15-23-49(47)55(51)53)46-22-14-12-20-44(46)42-33-29-40(30-34-42)18-10-8-6-4-2/h11-16,19-38H,3-10,17-18H2,1-2H3. The lowest BCUT2D eigenvalue weighted by atomic mass is 9.83. The molecule has 0 N–H and O–H groups in total. The summed E-state index contributed by atoms with van der Waals surface area (Å²) in [5.74, 6) is 0. The lowest BCUT2D eigenvalue weighted by Crippen LogP contribution is -1.93. The minimum absolute atomic E-state index is 1.16. The molecule has 0 aromatic heterocycles. The quantitative estimate of drug-likeness (QED) is 0.0595. The fourth-order valence-corrected chi connectivity index (χ4v) is 9.33. The molecule has 0 atom stereocenters. The third-order valence-corrected chi connectivity index (χ3v) is 12.3. The van der Waals surface area contributed by atoms with Crippen LogP contribution in [0.5, 0.6) is 0 Å². The Hall–Kier alpha value is -5.72. The second-order valence-electron chi connectivity index (χ2n) is 15.9. The Morgan fingerprint density at radius 3 is 1.05 bits per heavy atom. The molecule has 0 amide bonds. The first kappa shape index (κ1) is 35.9. The highest BCUT2D eigenvalue weighted by Crippen LogP contribution is 2.47. The first-order chi connectivity index (χ1) is 27.7. The first-order valence-corrected chi connectivity index (χ1v) is 21.2. The van der Waals surface area contributed by atoms with Crippen molar-refractivity contribution >= 4 is 43.1 Å². The maximum absolute atomic E-state index is 2.39. The highest BCUT2D eigenvalue weighted by atomic mass is 14.2. The van der Waals surface area contributed by atoms with Gasteiger partial charge in [0.05, 0.1) is 0 Å². The van der Waals surface area contributed by atoms with Crippen LogP contribution in [0.25, 0.3) is 87.6 Å². The predicted octanol–water partition coefficient (Wildman–Crippen LogP) is 16.7.